The second-order valence-electron chi connectivity index (χ2n) is 5.05. The molecule has 0 radical (unpaired) electrons. The molecule has 0 spiro atoms. The zero-order chi connectivity index (χ0) is 14.2. The van der Waals surface area contributed by atoms with Gasteiger partial charge in [0, 0.05) is 23.8 Å². The average molecular weight is 368 g/mol. The van der Waals surface area contributed by atoms with Crippen LogP contribution in [0.1, 0.15) is 20.3 Å². The van der Waals surface area contributed by atoms with Crippen molar-refractivity contribution >= 4 is 37.6 Å². The van der Waals surface area contributed by atoms with Gasteiger partial charge in [0.25, 0.3) is 0 Å². The molecule has 2 unspecified atom stereocenters. The molecule has 0 aromatic carbocycles. The highest BCUT2D eigenvalue weighted by Crippen LogP contribution is 2.30. The minimum atomic E-state index is -3.56. The first-order chi connectivity index (χ1) is 8.82. The van der Waals surface area contributed by atoms with Crippen LogP contribution in [0.25, 0.3) is 0 Å². The van der Waals surface area contributed by atoms with Crippen LogP contribution in [-0.4, -0.2) is 30.8 Å². The smallest absolute Gasteiger partial charge is 0.242 e. The summed E-state index contributed by atoms with van der Waals surface area (Å²) in [4.78, 5) is 3.96. The van der Waals surface area contributed by atoms with E-state index in [2.05, 4.69) is 34.8 Å². The Hall–Kier alpha value is -0.170. The van der Waals surface area contributed by atoms with E-state index in [0.29, 0.717) is 29.4 Å². The van der Waals surface area contributed by atoms with E-state index in [9.17, 15) is 8.42 Å². The number of pyridine rings is 1. The second kappa shape index (κ2) is 5.68. The zero-order valence-electron chi connectivity index (χ0n) is 10.8. The summed E-state index contributed by atoms with van der Waals surface area (Å²) >= 11 is 9.16. The van der Waals surface area contributed by atoms with Crippen molar-refractivity contribution in [1.29, 1.82) is 0 Å². The summed E-state index contributed by atoms with van der Waals surface area (Å²) in [6, 6.07) is 1.51. The summed E-state index contributed by atoms with van der Waals surface area (Å²) in [5.74, 6) is 0.893. The molecule has 0 aliphatic carbocycles. The van der Waals surface area contributed by atoms with Crippen LogP contribution in [0.5, 0.6) is 0 Å². The molecule has 19 heavy (non-hydrogen) atoms. The SMILES string of the molecule is CC1CCN(S(=O)(=O)c2cc(Br)cnc2Cl)CC1C. The molecular weight excluding hydrogens is 352 g/mol. The van der Waals surface area contributed by atoms with Crippen molar-refractivity contribution in [2.75, 3.05) is 13.1 Å². The monoisotopic (exact) mass is 366 g/mol. The highest BCUT2D eigenvalue weighted by Gasteiger charge is 2.33. The highest BCUT2D eigenvalue weighted by atomic mass is 79.9. The van der Waals surface area contributed by atoms with Crippen LogP contribution in [0.15, 0.2) is 21.6 Å². The van der Waals surface area contributed by atoms with Gasteiger partial charge >= 0.3 is 0 Å². The van der Waals surface area contributed by atoms with Crippen LogP contribution < -0.4 is 0 Å². The number of halogens is 2. The van der Waals surface area contributed by atoms with Crippen molar-refractivity contribution in [2.45, 2.75) is 25.2 Å². The van der Waals surface area contributed by atoms with E-state index in [1.807, 2.05) is 0 Å². The van der Waals surface area contributed by atoms with Crippen molar-refractivity contribution in [1.82, 2.24) is 9.29 Å². The standard InChI is InChI=1S/C12H16BrClN2O2S/c1-8-3-4-16(7-9(8)2)19(17,18)11-5-10(13)6-15-12(11)14/h5-6,8-9H,3-4,7H2,1-2H3. The first-order valence-corrected chi connectivity index (χ1v) is 8.74. The van der Waals surface area contributed by atoms with Crippen LogP contribution >= 0.6 is 27.5 Å². The Labute approximate surface area is 127 Å². The van der Waals surface area contributed by atoms with E-state index in [1.165, 1.54) is 16.6 Å². The summed E-state index contributed by atoms with van der Waals surface area (Å²) in [6.45, 7) is 5.30. The number of sulfonamides is 1. The Bertz CT molecular complexity index is 579. The zero-order valence-corrected chi connectivity index (χ0v) is 14.0. The van der Waals surface area contributed by atoms with Gasteiger partial charge in [0.05, 0.1) is 0 Å². The van der Waals surface area contributed by atoms with Gasteiger partial charge in [0.1, 0.15) is 10.0 Å². The number of nitrogens with zero attached hydrogens (tertiary/aromatic N) is 2. The van der Waals surface area contributed by atoms with Crippen molar-refractivity contribution in [3.63, 3.8) is 0 Å². The van der Waals surface area contributed by atoms with E-state index in [1.54, 1.807) is 0 Å². The van der Waals surface area contributed by atoms with Gasteiger partial charge in [0.2, 0.25) is 10.0 Å². The number of rotatable bonds is 2. The fourth-order valence-electron chi connectivity index (χ4n) is 2.17. The van der Waals surface area contributed by atoms with Crippen molar-refractivity contribution in [3.05, 3.63) is 21.9 Å². The van der Waals surface area contributed by atoms with Crippen molar-refractivity contribution in [2.24, 2.45) is 11.8 Å². The van der Waals surface area contributed by atoms with Gasteiger partial charge < -0.3 is 0 Å². The fraction of sp³-hybridized carbons (Fsp3) is 0.583. The Morgan fingerprint density at radius 2 is 2.11 bits per heavy atom. The van der Waals surface area contributed by atoms with Gasteiger partial charge in [-0.3, -0.25) is 0 Å². The molecule has 106 valence electrons. The summed E-state index contributed by atoms with van der Waals surface area (Å²) < 4.78 is 27.3. The minimum Gasteiger partial charge on any atom is -0.242 e. The first-order valence-electron chi connectivity index (χ1n) is 6.13. The molecule has 0 N–H and O–H groups in total. The molecule has 1 aliphatic heterocycles. The molecule has 0 saturated carbocycles. The topological polar surface area (TPSA) is 50.3 Å². The number of piperidine rings is 1. The molecule has 1 fully saturated rings. The van der Waals surface area contributed by atoms with Crippen LogP contribution in [0.3, 0.4) is 0 Å². The maximum atomic E-state index is 12.6. The Balaban J connectivity index is 2.35. The first kappa shape index (κ1) is 15.2. The Morgan fingerprint density at radius 1 is 1.42 bits per heavy atom. The largest absolute Gasteiger partial charge is 0.246 e. The van der Waals surface area contributed by atoms with Gasteiger partial charge in [-0.25, -0.2) is 13.4 Å². The summed E-state index contributed by atoms with van der Waals surface area (Å²) in [6.07, 6.45) is 2.36. The number of hydrogen-bond donors (Lipinski definition) is 0. The van der Waals surface area contributed by atoms with Gasteiger partial charge in [-0.15, -0.1) is 0 Å². The fourth-order valence-corrected chi connectivity index (χ4v) is 4.64. The molecule has 0 amide bonds. The van der Waals surface area contributed by atoms with E-state index in [0.717, 1.165) is 6.42 Å². The molecule has 0 bridgehead atoms. The van der Waals surface area contributed by atoms with Crippen LogP contribution in [0.2, 0.25) is 5.15 Å². The van der Waals surface area contributed by atoms with Crippen LogP contribution in [-0.2, 0) is 10.0 Å². The Morgan fingerprint density at radius 3 is 2.74 bits per heavy atom. The van der Waals surface area contributed by atoms with Crippen molar-refractivity contribution in [3.8, 4) is 0 Å². The van der Waals surface area contributed by atoms with Crippen molar-refractivity contribution < 1.29 is 8.42 Å². The lowest BCUT2D eigenvalue weighted by Crippen LogP contribution is -2.42. The quantitative estimate of drug-likeness (QED) is 0.754. The molecule has 1 saturated heterocycles. The molecule has 1 aliphatic rings. The summed E-state index contributed by atoms with van der Waals surface area (Å²) in [5, 5.41) is 0.0227. The van der Waals surface area contributed by atoms with E-state index in [4.69, 9.17) is 11.6 Å². The maximum absolute atomic E-state index is 12.6. The van der Waals surface area contributed by atoms with Gasteiger partial charge in [-0.2, -0.15) is 4.31 Å². The average Bonchev–Trinajstić information content (AvgIpc) is 2.35. The van der Waals surface area contributed by atoms with E-state index in [-0.39, 0.29) is 10.0 Å². The maximum Gasteiger partial charge on any atom is 0.246 e. The third kappa shape index (κ3) is 3.12. The lowest BCUT2D eigenvalue weighted by molar-refractivity contribution is 0.212. The molecule has 1 aromatic rings. The summed E-state index contributed by atoms with van der Waals surface area (Å²) in [7, 11) is -3.56. The summed E-state index contributed by atoms with van der Waals surface area (Å²) in [5.41, 5.74) is 0. The predicted molar refractivity (Wildman–Crippen MR) is 78.7 cm³/mol. The Kier molecular flexibility index (Phi) is 4.55. The number of hydrogen-bond acceptors (Lipinski definition) is 3. The molecule has 2 rings (SSSR count). The lowest BCUT2D eigenvalue weighted by Gasteiger charge is -2.34. The van der Waals surface area contributed by atoms with E-state index >= 15 is 0 Å². The normalized spacial score (nSPS) is 25.5. The minimum absolute atomic E-state index is 0.0227. The lowest BCUT2D eigenvalue weighted by atomic mass is 9.90. The molecule has 7 heteroatoms. The number of aromatic nitrogens is 1. The third-order valence-corrected chi connectivity index (χ3v) is 6.41. The predicted octanol–water partition coefficient (Wildman–Crippen LogP) is 3.16. The van der Waals surface area contributed by atoms with E-state index < -0.39 is 10.0 Å². The molecule has 1 aromatic heterocycles. The third-order valence-electron chi connectivity index (χ3n) is 3.69. The molecule has 2 atom stereocenters. The highest BCUT2D eigenvalue weighted by molar-refractivity contribution is 9.10. The van der Waals surface area contributed by atoms with Gasteiger partial charge in [0.15, 0.2) is 0 Å². The van der Waals surface area contributed by atoms with Crippen LogP contribution in [0, 0.1) is 11.8 Å². The van der Waals surface area contributed by atoms with Gasteiger partial charge in [-0.05, 0) is 40.3 Å². The molecule has 4 nitrogen and oxygen atoms in total. The second-order valence-corrected chi connectivity index (χ2v) is 8.23. The van der Waals surface area contributed by atoms with Gasteiger partial charge in [-0.1, -0.05) is 25.4 Å². The van der Waals surface area contributed by atoms with Crippen LogP contribution in [0.4, 0.5) is 0 Å². The molecule has 2 heterocycles. The molecular formula is C12H16BrClN2O2S.